The topological polar surface area (TPSA) is 92.3 Å². The zero-order valence-electron chi connectivity index (χ0n) is 20.4. The second kappa shape index (κ2) is 11.7. The van der Waals surface area contributed by atoms with Gasteiger partial charge in [-0.3, -0.25) is 14.7 Å². The maximum absolute atomic E-state index is 13.5. The zero-order valence-corrected chi connectivity index (χ0v) is 22.8. The highest BCUT2D eigenvalue weighted by Crippen LogP contribution is 2.43. The van der Waals surface area contributed by atoms with Crippen LogP contribution < -0.4 is 9.47 Å². The molecule has 8 nitrogen and oxygen atoms in total. The van der Waals surface area contributed by atoms with Crippen molar-refractivity contribution in [3.05, 3.63) is 104 Å². The molecule has 3 aromatic carbocycles. The van der Waals surface area contributed by atoms with Crippen LogP contribution in [-0.2, 0) is 6.61 Å². The van der Waals surface area contributed by atoms with Crippen LogP contribution in [0.1, 0.15) is 27.8 Å². The number of nitrogens with zero attached hydrogens (tertiary/aromatic N) is 4. The van der Waals surface area contributed by atoms with Crippen LogP contribution in [0, 0.1) is 29.8 Å². The number of ether oxygens (including phenoxy) is 2. The van der Waals surface area contributed by atoms with Crippen molar-refractivity contribution >= 4 is 27.7 Å². The van der Waals surface area contributed by atoms with E-state index < -0.39 is 5.25 Å². The summed E-state index contributed by atoms with van der Waals surface area (Å²) in [5, 5.41) is 19.8. The van der Waals surface area contributed by atoms with E-state index in [9.17, 15) is 14.5 Å². The van der Waals surface area contributed by atoms with E-state index in [1.807, 2.05) is 31.2 Å². The third kappa shape index (κ3) is 6.47. The number of nitro groups is 1. The number of thioether (sulfide) groups is 1. The molecule has 0 radical (unpaired) electrons. The van der Waals surface area contributed by atoms with Crippen LogP contribution in [0.2, 0.25) is 0 Å². The molecule has 37 heavy (non-hydrogen) atoms. The van der Waals surface area contributed by atoms with Gasteiger partial charge in [-0.2, -0.15) is 0 Å². The highest BCUT2D eigenvalue weighted by atomic mass is 79.9. The molecule has 0 fully saturated rings. The Bertz CT molecular complexity index is 1400. The van der Waals surface area contributed by atoms with Gasteiger partial charge in [0.15, 0.2) is 16.7 Å². The van der Waals surface area contributed by atoms with E-state index in [0.29, 0.717) is 44.8 Å². The van der Waals surface area contributed by atoms with Crippen molar-refractivity contribution < 1.29 is 18.8 Å². The van der Waals surface area contributed by atoms with E-state index in [0.717, 1.165) is 11.1 Å². The van der Waals surface area contributed by atoms with Crippen LogP contribution in [0.4, 0.5) is 4.39 Å². The molecule has 1 atom stereocenters. The first-order valence-electron chi connectivity index (χ1n) is 11.3. The Labute approximate surface area is 226 Å². The molecule has 0 N–H and O–H groups in total. The van der Waals surface area contributed by atoms with E-state index in [-0.39, 0.29) is 17.3 Å². The second-order valence-corrected chi connectivity index (χ2v) is 10.3. The SMILES string of the molecule is COc1cc([C@H](C[N+](=O)[O-])Sc2nnc(C)n2-c2ccc(F)cc2)cc(Br)c1OCc1ccc(C)cc1. The molecule has 4 rings (SSSR count). The minimum absolute atomic E-state index is 0.335. The Hall–Kier alpha value is -3.44. The predicted octanol–water partition coefficient (Wildman–Crippen LogP) is 6.48. The molecule has 192 valence electrons. The molecular weight excluding hydrogens is 563 g/mol. The first-order chi connectivity index (χ1) is 17.7. The van der Waals surface area contributed by atoms with Gasteiger partial charge in [-0.25, -0.2) is 4.39 Å². The summed E-state index contributed by atoms with van der Waals surface area (Å²) in [7, 11) is 1.52. The fourth-order valence-electron chi connectivity index (χ4n) is 3.69. The van der Waals surface area contributed by atoms with Crippen molar-refractivity contribution in [1.29, 1.82) is 0 Å². The average Bonchev–Trinajstić information content (AvgIpc) is 3.23. The lowest BCUT2D eigenvalue weighted by Gasteiger charge is -2.18. The normalized spacial score (nSPS) is 11.8. The van der Waals surface area contributed by atoms with E-state index in [4.69, 9.17) is 9.47 Å². The molecule has 0 aliphatic rings. The van der Waals surface area contributed by atoms with Gasteiger partial charge in [-0.1, -0.05) is 41.6 Å². The van der Waals surface area contributed by atoms with E-state index in [1.165, 1.54) is 31.0 Å². The largest absolute Gasteiger partial charge is 0.493 e. The Morgan fingerprint density at radius 3 is 2.46 bits per heavy atom. The van der Waals surface area contributed by atoms with Crippen LogP contribution in [0.3, 0.4) is 0 Å². The van der Waals surface area contributed by atoms with Crippen molar-refractivity contribution in [3.63, 3.8) is 0 Å². The molecule has 0 bridgehead atoms. The molecule has 0 unspecified atom stereocenters. The van der Waals surface area contributed by atoms with Crippen LogP contribution >= 0.6 is 27.7 Å². The summed E-state index contributed by atoms with van der Waals surface area (Å²) in [6, 6.07) is 17.4. The molecule has 0 aliphatic carbocycles. The summed E-state index contributed by atoms with van der Waals surface area (Å²) in [5.41, 5.74) is 3.47. The Balaban J connectivity index is 1.64. The smallest absolute Gasteiger partial charge is 0.220 e. The maximum Gasteiger partial charge on any atom is 0.220 e. The number of hydrogen-bond acceptors (Lipinski definition) is 7. The van der Waals surface area contributed by atoms with Gasteiger partial charge in [0.05, 0.1) is 11.6 Å². The number of halogens is 2. The number of benzene rings is 3. The van der Waals surface area contributed by atoms with Crippen molar-refractivity contribution in [2.45, 2.75) is 30.9 Å². The van der Waals surface area contributed by atoms with Gasteiger partial charge in [0.2, 0.25) is 6.54 Å². The van der Waals surface area contributed by atoms with Gasteiger partial charge in [-0.15, -0.1) is 10.2 Å². The first kappa shape index (κ1) is 26.6. The van der Waals surface area contributed by atoms with E-state index in [2.05, 4.69) is 26.1 Å². The summed E-state index contributed by atoms with van der Waals surface area (Å²) >= 11 is 4.75. The highest BCUT2D eigenvalue weighted by molar-refractivity contribution is 9.10. The van der Waals surface area contributed by atoms with E-state index >= 15 is 0 Å². The molecule has 4 aromatic rings. The van der Waals surface area contributed by atoms with Crippen molar-refractivity contribution in [2.24, 2.45) is 0 Å². The predicted molar refractivity (Wildman–Crippen MR) is 143 cm³/mol. The fourth-order valence-corrected chi connectivity index (χ4v) is 5.41. The van der Waals surface area contributed by atoms with Gasteiger partial charge in [0.25, 0.3) is 0 Å². The summed E-state index contributed by atoms with van der Waals surface area (Å²) in [4.78, 5) is 11.2. The number of aromatic nitrogens is 3. The van der Waals surface area contributed by atoms with Crippen LogP contribution in [0.15, 0.2) is 70.3 Å². The highest BCUT2D eigenvalue weighted by Gasteiger charge is 2.26. The van der Waals surface area contributed by atoms with Gasteiger partial charge >= 0.3 is 0 Å². The zero-order chi connectivity index (χ0) is 26.5. The molecular formula is C26H24BrFN4O4S. The van der Waals surface area contributed by atoms with Crippen molar-refractivity contribution in [3.8, 4) is 17.2 Å². The maximum atomic E-state index is 13.5. The standard InChI is InChI=1S/C26H24BrFN4O4S/c1-16-4-6-18(7-5-16)15-36-25-22(27)12-19(13-23(25)35-3)24(14-31(33)34)37-26-30-29-17(2)32(26)21-10-8-20(28)9-11-21/h4-13,24H,14-15H2,1-3H3/t24-/m0/s1. The lowest BCUT2D eigenvalue weighted by molar-refractivity contribution is -0.479. The Kier molecular flexibility index (Phi) is 8.45. The number of aryl methyl sites for hydroxylation is 2. The fraction of sp³-hybridized carbons (Fsp3) is 0.231. The number of hydrogen-bond donors (Lipinski definition) is 0. The molecule has 0 saturated heterocycles. The average molecular weight is 587 g/mol. The van der Waals surface area contributed by atoms with Gasteiger partial charge in [0.1, 0.15) is 23.5 Å². The Morgan fingerprint density at radius 1 is 1.11 bits per heavy atom. The minimum atomic E-state index is -0.617. The molecule has 0 spiro atoms. The molecule has 11 heteroatoms. The third-order valence-corrected chi connectivity index (χ3v) is 7.34. The van der Waals surface area contributed by atoms with Crippen molar-refractivity contribution in [1.82, 2.24) is 14.8 Å². The second-order valence-electron chi connectivity index (χ2n) is 8.27. The molecule has 0 aliphatic heterocycles. The summed E-state index contributed by atoms with van der Waals surface area (Å²) in [5.74, 6) is 1.16. The van der Waals surface area contributed by atoms with Crippen molar-refractivity contribution in [2.75, 3.05) is 13.7 Å². The van der Waals surface area contributed by atoms with Gasteiger partial charge < -0.3 is 9.47 Å². The van der Waals surface area contributed by atoms with Gasteiger partial charge in [0, 0.05) is 10.6 Å². The molecule has 0 saturated carbocycles. The third-order valence-electron chi connectivity index (χ3n) is 5.57. The number of rotatable bonds is 10. The van der Waals surface area contributed by atoms with Crippen LogP contribution in [0.25, 0.3) is 5.69 Å². The summed E-state index contributed by atoms with van der Waals surface area (Å²) < 4.78 is 27.4. The van der Waals surface area contributed by atoms with Crippen LogP contribution in [0.5, 0.6) is 11.5 Å². The first-order valence-corrected chi connectivity index (χ1v) is 12.9. The monoisotopic (exact) mass is 586 g/mol. The molecule has 1 heterocycles. The molecule has 1 aromatic heterocycles. The Morgan fingerprint density at radius 2 is 1.81 bits per heavy atom. The van der Waals surface area contributed by atoms with E-state index in [1.54, 1.807) is 35.8 Å². The minimum Gasteiger partial charge on any atom is -0.493 e. The summed E-state index contributed by atoms with van der Waals surface area (Å²) in [6.07, 6.45) is 0. The molecule has 0 amide bonds. The van der Waals surface area contributed by atoms with Crippen LogP contribution in [-0.4, -0.2) is 33.3 Å². The lowest BCUT2D eigenvalue weighted by atomic mass is 10.1. The lowest BCUT2D eigenvalue weighted by Crippen LogP contribution is -2.12. The number of methoxy groups -OCH3 is 1. The quantitative estimate of drug-likeness (QED) is 0.119. The van der Waals surface area contributed by atoms with Gasteiger partial charge in [-0.05, 0) is 77.3 Å². The summed E-state index contributed by atoms with van der Waals surface area (Å²) in [6.45, 7) is 3.76.